The molecule has 0 fully saturated rings. The summed E-state index contributed by atoms with van der Waals surface area (Å²) in [7, 11) is 0. The molecule has 0 aliphatic heterocycles. The molecule has 0 atom stereocenters. The Morgan fingerprint density at radius 2 is 1.33 bits per heavy atom. The van der Waals surface area contributed by atoms with Crippen LogP contribution in [-0.4, -0.2) is 0 Å². The molecular weight excluding hydrogens is 216 g/mol. The van der Waals surface area contributed by atoms with Gasteiger partial charge in [0.05, 0.1) is 0 Å². The number of aryl methyl sites for hydroxylation is 1. The van der Waals surface area contributed by atoms with Gasteiger partial charge < -0.3 is 0 Å². The van der Waals surface area contributed by atoms with Crippen LogP contribution in [-0.2, 0) is 0 Å². The van der Waals surface area contributed by atoms with Crippen molar-refractivity contribution in [1.82, 2.24) is 0 Å². The van der Waals surface area contributed by atoms with Crippen LogP contribution in [0.4, 0.5) is 0 Å². The lowest BCUT2D eigenvalue weighted by Gasteiger charge is -2.13. The normalized spacial score (nSPS) is 11.6. The highest BCUT2D eigenvalue weighted by Gasteiger charge is 2.08. The first-order valence-corrected chi connectivity index (χ1v) is 6.59. The van der Waals surface area contributed by atoms with Crippen molar-refractivity contribution in [2.45, 2.75) is 26.7 Å². The van der Waals surface area contributed by atoms with E-state index in [1.54, 1.807) is 0 Å². The summed E-state index contributed by atoms with van der Waals surface area (Å²) < 4.78 is 0. The van der Waals surface area contributed by atoms with Gasteiger partial charge in [0, 0.05) is 0 Å². The van der Waals surface area contributed by atoms with E-state index < -0.39 is 0 Å². The third-order valence-electron chi connectivity index (χ3n) is 3.76. The molecule has 0 unspecified atom stereocenters. The summed E-state index contributed by atoms with van der Waals surface area (Å²) in [6.45, 7) is 6.73. The van der Waals surface area contributed by atoms with Gasteiger partial charge in [0.15, 0.2) is 0 Å². The molecule has 3 aromatic rings. The Labute approximate surface area is 108 Å². The first kappa shape index (κ1) is 11.3. The average molecular weight is 234 g/mol. The van der Waals surface area contributed by atoms with Gasteiger partial charge >= 0.3 is 0 Å². The molecule has 0 spiro atoms. The standard InChI is InChI=1S/C18H18/c1-12(2)14-9-6-10-17-16-8-5-4-7-15(16)13(3)11-18(14)17/h4-12H,1-3H3. The number of benzene rings is 3. The first-order valence-electron chi connectivity index (χ1n) is 6.59. The highest BCUT2D eigenvalue weighted by molar-refractivity contribution is 6.09. The van der Waals surface area contributed by atoms with Crippen molar-refractivity contribution in [3.05, 3.63) is 59.7 Å². The fourth-order valence-electron chi connectivity index (χ4n) is 2.84. The molecule has 0 bridgehead atoms. The second-order valence-corrected chi connectivity index (χ2v) is 5.34. The van der Waals surface area contributed by atoms with Gasteiger partial charge in [0.1, 0.15) is 0 Å². The first-order chi connectivity index (χ1) is 8.68. The van der Waals surface area contributed by atoms with Crippen molar-refractivity contribution < 1.29 is 0 Å². The minimum atomic E-state index is 0.564. The Morgan fingerprint density at radius 1 is 0.722 bits per heavy atom. The van der Waals surface area contributed by atoms with Crippen molar-refractivity contribution >= 4 is 21.5 Å². The highest BCUT2D eigenvalue weighted by atomic mass is 14.1. The molecule has 0 aliphatic rings. The summed E-state index contributed by atoms with van der Waals surface area (Å²) >= 11 is 0. The van der Waals surface area contributed by atoms with E-state index in [1.165, 1.54) is 32.7 Å². The largest absolute Gasteiger partial charge is 0.0616 e. The van der Waals surface area contributed by atoms with Crippen LogP contribution in [0.15, 0.2) is 48.5 Å². The molecule has 0 heteroatoms. The topological polar surface area (TPSA) is 0 Å². The van der Waals surface area contributed by atoms with E-state index in [0.717, 1.165) is 0 Å². The van der Waals surface area contributed by atoms with Crippen LogP contribution in [0.2, 0.25) is 0 Å². The SMILES string of the molecule is Cc1cc2c(C(C)C)cccc2c2ccccc12. The van der Waals surface area contributed by atoms with Gasteiger partial charge in [-0.05, 0) is 45.5 Å². The molecule has 3 rings (SSSR count). The zero-order valence-electron chi connectivity index (χ0n) is 11.2. The molecule has 18 heavy (non-hydrogen) atoms. The van der Waals surface area contributed by atoms with E-state index in [4.69, 9.17) is 0 Å². The van der Waals surface area contributed by atoms with Gasteiger partial charge in [-0.25, -0.2) is 0 Å². The van der Waals surface area contributed by atoms with E-state index in [-0.39, 0.29) is 0 Å². The number of rotatable bonds is 1. The quantitative estimate of drug-likeness (QED) is 0.493. The van der Waals surface area contributed by atoms with E-state index in [9.17, 15) is 0 Å². The predicted octanol–water partition coefficient (Wildman–Crippen LogP) is 5.42. The molecule has 3 aromatic carbocycles. The maximum absolute atomic E-state index is 2.34. The van der Waals surface area contributed by atoms with E-state index in [1.807, 2.05) is 0 Å². The predicted molar refractivity (Wildman–Crippen MR) is 80.3 cm³/mol. The van der Waals surface area contributed by atoms with Gasteiger partial charge in [-0.3, -0.25) is 0 Å². The summed E-state index contributed by atoms with van der Waals surface area (Å²) in [5.74, 6) is 0.564. The molecule has 0 amide bonds. The zero-order valence-corrected chi connectivity index (χ0v) is 11.2. The molecule has 0 aliphatic carbocycles. The van der Waals surface area contributed by atoms with Crippen LogP contribution in [0.25, 0.3) is 21.5 Å². The fourth-order valence-corrected chi connectivity index (χ4v) is 2.84. The van der Waals surface area contributed by atoms with Crippen molar-refractivity contribution in [2.24, 2.45) is 0 Å². The van der Waals surface area contributed by atoms with Crippen molar-refractivity contribution in [1.29, 1.82) is 0 Å². The van der Waals surface area contributed by atoms with E-state index in [0.29, 0.717) is 5.92 Å². The molecular formula is C18H18. The smallest absolute Gasteiger partial charge is 0.0102 e. The van der Waals surface area contributed by atoms with Crippen LogP contribution in [0, 0.1) is 6.92 Å². The maximum atomic E-state index is 2.34. The fraction of sp³-hybridized carbons (Fsp3) is 0.222. The number of hydrogen-bond acceptors (Lipinski definition) is 0. The molecule has 90 valence electrons. The molecule has 0 saturated carbocycles. The molecule has 0 saturated heterocycles. The summed E-state index contributed by atoms with van der Waals surface area (Å²) in [6.07, 6.45) is 0. The zero-order chi connectivity index (χ0) is 12.7. The minimum Gasteiger partial charge on any atom is -0.0616 e. The molecule has 0 radical (unpaired) electrons. The summed E-state index contributed by atoms with van der Waals surface area (Å²) in [5, 5.41) is 5.52. The highest BCUT2D eigenvalue weighted by Crippen LogP contribution is 2.32. The summed E-state index contributed by atoms with van der Waals surface area (Å²) in [5.41, 5.74) is 2.81. The van der Waals surface area contributed by atoms with Crippen LogP contribution in [0.5, 0.6) is 0 Å². The van der Waals surface area contributed by atoms with Crippen molar-refractivity contribution in [3.63, 3.8) is 0 Å². The van der Waals surface area contributed by atoms with E-state index >= 15 is 0 Å². The van der Waals surface area contributed by atoms with Gasteiger partial charge in [-0.15, -0.1) is 0 Å². The summed E-state index contributed by atoms with van der Waals surface area (Å²) in [4.78, 5) is 0. The third kappa shape index (κ3) is 1.60. The Kier molecular flexibility index (Phi) is 2.59. The lowest BCUT2D eigenvalue weighted by molar-refractivity contribution is 0.876. The third-order valence-corrected chi connectivity index (χ3v) is 3.76. The molecule has 0 nitrogen and oxygen atoms in total. The maximum Gasteiger partial charge on any atom is -0.0102 e. The lowest BCUT2D eigenvalue weighted by Crippen LogP contribution is -1.91. The monoisotopic (exact) mass is 234 g/mol. The van der Waals surface area contributed by atoms with Crippen LogP contribution in [0.1, 0.15) is 30.9 Å². The van der Waals surface area contributed by atoms with Crippen LogP contribution in [0.3, 0.4) is 0 Å². The van der Waals surface area contributed by atoms with Crippen molar-refractivity contribution in [3.8, 4) is 0 Å². The average Bonchev–Trinajstić information content (AvgIpc) is 2.38. The number of fused-ring (bicyclic) bond motifs is 3. The van der Waals surface area contributed by atoms with Crippen LogP contribution >= 0.6 is 0 Å². The number of hydrogen-bond donors (Lipinski definition) is 0. The van der Waals surface area contributed by atoms with Gasteiger partial charge in [0.2, 0.25) is 0 Å². The van der Waals surface area contributed by atoms with Crippen molar-refractivity contribution in [2.75, 3.05) is 0 Å². The second kappa shape index (κ2) is 4.13. The van der Waals surface area contributed by atoms with Gasteiger partial charge in [-0.2, -0.15) is 0 Å². The minimum absolute atomic E-state index is 0.564. The van der Waals surface area contributed by atoms with Gasteiger partial charge in [-0.1, -0.05) is 62.4 Å². The summed E-state index contributed by atoms with van der Waals surface area (Å²) in [6, 6.07) is 17.7. The van der Waals surface area contributed by atoms with E-state index in [2.05, 4.69) is 69.3 Å². The Bertz CT molecular complexity index is 721. The van der Waals surface area contributed by atoms with Crippen LogP contribution < -0.4 is 0 Å². The Hall–Kier alpha value is -1.82. The molecule has 0 heterocycles. The molecule has 0 N–H and O–H groups in total. The van der Waals surface area contributed by atoms with Gasteiger partial charge in [0.25, 0.3) is 0 Å². The Morgan fingerprint density at radius 3 is 2.06 bits per heavy atom. The lowest BCUT2D eigenvalue weighted by atomic mass is 9.91. The molecule has 0 aromatic heterocycles. The Balaban J connectivity index is 2.54. The second-order valence-electron chi connectivity index (χ2n) is 5.34.